The molecule has 0 aliphatic carbocycles. The summed E-state index contributed by atoms with van der Waals surface area (Å²) in [6, 6.07) is 26.0. The van der Waals surface area contributed by atoms with Gasteiger partial charge in [-0.25, -0.2) is 0 Å². The zero-order valence-electron chi connectivity index (χ0n) is 18.5. The van der Waals surface area contributed by atoms with Crippen LogP contribution >= 0.6 is 23.2 Å². The number of pyridine rings is 1. The molecule has 0 bridgehead atoms. The van der Waals surface area contributed by atoms with Gasteiger partial charge in [0.2, 0.25) is 0 Å². The summed E-state index contributed by atoms with van der Waals surface area (Å²) in [5, 5.41) is 19.5. The largest absolute Gasteiger partial charge is 0.299 e. The van der Waals surface area contributed by atoms with Gasteiger partial charge in [-0.1, -0.05) is 77.8 Å². The Morgan fingerprint density at radius 1 is 0.861 bits per heavy atom. The number of nitriles is 1. The molecule has 0 fully saturated rings. The van der Waals surface area contributed by atoms with Gasteiger partial charge in [0.1, 0.15) is 11.6 Å². The smallest absolute Gasteiger partial charge is 0.266 e. The molecule has 0 saturated carbocycles. The lowest BCUT2D eigenvalue weighted by Crippen LogP contribution is -2.29. The topological polar surface area (TPSA) is 93.0 Å². The highest BCUT2D eigenvalue weighted by atomic mass is 35.5. The summed E-state index contributed by atoms with van der Waals surface area (Å²) in [7, 11) is 0. The summed E-state index contributed by atoms with van der Waals surface area (Å²) in [6.45, 7) is 0. The predicted molar refractivity (Wildman–Crippen MR) is 141 cm³/mol. The standard InChI is InChI=1S/C27H15Cl2N5O2/c28-22-12-6-4-8-17(22)16-31-34-24(19-11-5-7-13-23(19)29)14-20-21(15-30)26(35)33(32-25(20)27(34)36)18-9-2-1-3-10-18/h1-14,16H. The molecule has 0 atom stereocenters. The van der Waals surface area contributed by atoms with Crippen molar-refractivity contribution in [1.29, 1.82) is 5.26 Å². The van der Waals surface area contributed by atoms with Gasteiger partial charge in [0.05, 0.1) is 17.6 Å². The van der Waals surface area contributed by atoms with Crippen molar-refractivity contribution in [2.24, 2.45) is 5.10 Å². The molecule has 5 rings (SSSR count). The summed E-state index contributed by atoms with van der Waals surface area (Å²) >= 11 is 12.7. The van der Waals surface area contributed by atoms with Crippen LogP contribution in [0.15, 0.2) is 99.6 Å². The van der Waals surface area contributed by atoms with Crippen LogP contribution in [0.4, 0.5) is 0 Å². The molecule has 3 aromatic carbocycles. The van der Waals surface area contributed by atoms with Gasteiger partial charge in [0.15, 0.2) is 5.52 Å². The molecule has 0 aliphatic rings. The van der Waals surface area contributed by atoms with Crippen LogP contribution in [-0.2, 0) is 0 Å². The number of hydrogen-bond acceptors (Lipinski definition) is 5. The van der Waals surface area contributed by atoms with Crippen LogP contribution in [0.5, 0.6) is 0 Å². The first-order valence-electron chi connectivity index (χ1n) is 10.7. The monoisotopic (exact) mass is 511 g/mol. The van der Waals surface area contributed by atoms with Crippen molar-refractivity contribution in [3.8, 4) is 23.0 Å². The van der Waals surface area contributed by atoms with Gasteiger partial charge in [-0.3, -0.25) is 9.59 Å². The Morgan fingerprint density at radius 2 is 1.53 bits per heavy atom. The van der Waals surface area contributed by atoms with Crippen LogP contribution in [0.1, 0.15) is 11.1 Å². The van der Waals surface area contributed by atoms with Gasteiger partial charge < -0.3 is 0 Å². The van der Waals surface area contributed by atoms with E-state index in [1.165, 1.54) is 12.3 Å². The van der Waals surface area contributed by atoms with E-state index >= 15 is 0 Å². The Bertz CT molecular complexity index is 1820. The lowest BCUT2D eigenvalue weighted by atomic mass is 10.1. The molecular weight excluding hydrogens is 497 g/mol. The van der Waals surface area contributed by atoms with E-state index in [1.54, 1.807) is 78.9 Å². The average Bonchev–Trinajstić information content (AvgIpc) is 2.89. The molecule has 0 radical (unpaired) electrons. The van der Waals surface area contributed by atoms with Gasteiger partial charge in [0, 0.05) is 26.6 Å². The second-order valence-electron chi connectivity index (χ2n) is 7.69. The SMILES string of the molecule is N#Cc1c(=O)n(-c2ccccc2)nc2c(=O)n(N=Cc3ccccc3Cl)c(-c3ccccc3Cl)cc12. The molecule has 0 unspecified atom stereocenters. The minimum atomic E-state index is -0.641. The van der Waals surface area contributed by atoms with Crippen molar-refractivity contribution in [3.05, 3.63) is 127 Å². The number of nitrogens with zero attached hydrogens (tertiary/aromatic N) is 5. The van der Waals surface area contributed by atoms with E-state index in [9.17, 15) is 14.9 Å². The molecule has 0 aliphatic heterocycles. The number of hydrogen-bond donors (Lipinski definition) is 0. The molecule has 9 heteroatoms. The molecule has 2 heterocycles. The van der Waals surface area contributed by atoms with E-state index in [0.29, 0.717) is 26.9 Å². The van der Waals surface area contributed by atoms with E-state index in [1.807, 2.05) is 6.07 Å². The zero-order chi connectivity index (χ0) is 25.2. The second-order valence-corrected chi connectivity index (χ2v) is 8.51. The summed E-state index contributed by atoms with van der Waals surface area (Å²) in [6.07, 6.45) is 1.45. The fourth-order valence-corrected chi connectivity index (χ4v) is 4.19. The van der Waals surface area contributed by atoms with E-state index in [4.69, 9.17) is 23.2 Å². The summed E-state index contributed by atoms with van der Waals surface area (Å²) in [5.41, 5.74) is 0.212. The van der Waals surface area contributed by atoms with Gasteiger partial charge in [-0.2, -0.15) is 24.8 Å². The Balaban J connectivity index is 1.88. The number of para-hydroxylation sites is 1. The Labute approximate surface area is 214 Å². The van der Waals surface area contributed by atoms with Crippen LogP contribution in [0.2, 0.25) is 10.0 Å². The molecule has 0 saturated heterocycles. The number of fused-ring (bicyclic) bond motifs is 1. The van der Waals surface area contributed by atoms with Crippen molar-refractivity contribution in [2.75, 3.05) is 0 Å². The van der Waals surface area contributed by atoms with Crippen LogP contribution in [0.3, 0.4) is 0 Å². The van der Waals surface area contributed by atoms with Crippen LogP contribution in [-0.4, -0.2) is 20.7 Å². The quantitative estimate of drug-likeness (QED) is 0.307. The van der Waals surface area contributed by atoms with Gasteiger partial charge in [-0.15, -0.1) is 0 Å². The zero-order valence-corrected chi connectivity index (χ0v) is 20.0. The van der Waals surface area contributed by atoms with E-state index < -0.39 is 11.1 Å². The normalized spacial score (nSPS) is 11.1. The highest BCUT2D eigenvalue weighted by molar-refractivity contribution is 6.33. The predicted octanol–water partition coefficient (Wildman–Crippen LogP) is 5.28. The molecule has 36 heavy (non-hydrogen) atoms. The first kappa shape index (κ1) is 23.2. The maximum Gasteiger partial charge on any atom is 0.299 e. The number of halogens is 2. The molecule has 7 nitrogen and oxygen atoms in total. The Hall–Kier alpha value is -4.51. The third-order valence-corrected chi connectivity index (χ3v) is 6.19. The average molecular weight is 512 g/mol. The number of aromatic nitrogens is 3. The maximum atomic E-state index is 13.8. The van der Waals surface area contributed by atoms with Crippen molar-refractivity contribution >= 4 is 40.3 Å². The van der Waals surface area contributed by atoms with E-state index in [0.717, 1.165) is 9.36 Å². The van der Waals surface area contributed by atoms with Crippen molar-refractivity contribution in [2.45, 2.75) is 0 Å². The molecule has 5 aromatic rings. The van der Waals surface area contributed by atoms with Crippen LogP contribution in [0.25, 0.3) is 27.8 Å². The van der Waals surface area contributed by atoms with Crippen molar-refractivity contribution < 1.29 is 0 Å². The fourth-order valence-electron chi connectivity index (χ4n) is 3.77. The van der Waals surface area contributed by atoms with Crippen molar-refractivity contribution in [3.63, 3.8) is 0 Å². The van der Waals surface area contributed by atoms with Gasteiger partial charge in [-0.05, 0) is 30.3 Å². The third-order valence-electron chi connectivity index (χ3n) is 5.51. The molecular formula is C27H15Cl2N5O2. The lowest BCUT2D eigenvalue weighted by Gasteiger charge is -2.13. The summed E-state index contributed by atoms with van der Waals surface area (Å²) < 4.78 is 2.18. The number of benzene rings is 3. The third kappa shape index (κ3) is 4.09. The summed E-state index contributed by atoms with van der Waals surface area (Å²) in [5.74, 6) is 0. The molecule has 174 valence electrons. The fraction of sp³-hybridized carbons (Fsp3) is 0. The Kier molecular flexibility index (Phi) is 6.21. The van der Waals surface area contributed by atoms with Crippen LogP contribution in [0, 0.1) is 11.3 Å². The molecule has 0 spiro atoms. The lowest BCUT2D eigenvalue weighted by molar-refractivity contribution is 0.802. The van der Waals surface area contributed by atoms with Gasteiger partial charge in [0.25, 0.3) is 11.1 Å². The van der Waals surface area contributed by atoms with Crippen LogP contribution < -0.4 is 11.1 Å². The van der Waals surface area contributed by atoms with Crippen molar-refractivity contribution in [1.82, 2.24) is 14.5 Å². The highest BCUT2D eigenvalue weighted by Gasteiger charge is 2.20. The highest BCUT2D eigenvalue weighted by Crippen LogP contribution is 2.29. The van der Waals surface area contributed by atoms with E-state index in [-0.39, 0.29) is 22.2 Å². The van der Waals surface area contributed by atoms with Gasteiger partial charge >= 0.3 is 0 Å². The molecule has 0 amide bonds. The van der Waals surface area contributed by atoms with E-state index in [2.05, 4.69) is 10.2 Å². The minimum Gasteiger partial charge on any atom is -0.266 e. The molecule has 2 aromatic heterocycles. The maximum absolute atomic E-state index is 13.8. The first-order chi connectivity index (χ1) is 17.5. The summed E-state index contributed by atoms with van der Waals surface area (Å²) in [4.78, 5) is 27.0. The Morgan fingerprint density at radius 3 is 2.22 bits per heavy atom. The second kappa shape index (κ2) is 9.62. The molecule has 0 N–H and O–H groups in total. The first-order valence-corrected chi connectivity index (χ1v) is 11.5. The minimum absolute atomic E-state index is 0.0953. The number of rotatable bonds is 4.